The lowest BCUT2D eigenvalue weighted by atomic mass is 9.47. The molecular formula is C20H30O6S. The number of allylic oxidation sites excluding steroid dienone is 1. The van der Waals surface area contributed by atoms with Crippen molar-refractivity contribution in [3.63, 3.8) is 0 Å². The molecule has 0 aliphatic heterocycles. The Balaban J connectivity index is 1.59. The van der Waals surface area contributed by atoms with Crippen LogP contribution < -0.4 is 0 Å². The van der Waals surface area contributed by atoms with Crippen molar-refractivity contribution in [3.8, 4) is 0 Å². The highest BCUT2D eigenvalue weighted by Gasteiger charge is 2.60. The Morgan fingerprint density at radius 1 is 1.11 bits per heavy atom. The number of carboxylic acid groups (broad SMARTS) is 1. The van der Waals surface area contributed by atoms with Gasteiger partial charge in [0, 0.05) is 0 Å². The second-order valence-corrected chi connectivity index (χ2v) is 10.7. The summed E-state index contributed by atoms with van der Waals surface area (Å²) < 4.78 is 36.0. The zero-order chi connectivity index (χ0) is 19.6. The molecule has 4 rings (SSSR count). The predicted octanol–water partition coefficient (Wildman–Crippen LogP) is 3.84. The molecule has 4 aliphatic carbocycles. The number of hydrogen-bond donors (Lipinski definition) is 2. The van der Waals surface area contributed by atoms with Gasteiger partial charge in [0.15, 0.2) is 0 Å². The van der Waals surface area contributed by atoms with E-state index < -0.39 is 22.5 Å². The lowest BCUT2D eigenvalue weighted by molar-refractivity contribution is -0.149. The van der Waals surface area contributed by atoms with E-state index >= 15 is 0 Å². The second-order valence-electron chi connectivity index (χ2n) is 9.64. The van der Waals surface area contributed by atoms with Crippen LogP contribution in [0.2, 0.25) is 0 Å². The van der Waals surface area contributed by atoms with Crippen LogP contribution in [0.4, 0.5) is 0 Å². The molecule has 0 bridgehead atoms. The molecule has 0 unspecified atom stereocenters. The zero-order valence-electron chi connectivity index (χ0n) is 16.1. The summed E-state index contributed by atoms with van der Waals surface area (Å²) in [6.07, 6.45) is 8.55. The maximum Gasteiger partial charge on any atom is 0.397 e. The molecule has 2 N–H and O–H groups in total. The average Bonchev–Trinajstić information content (AvgIpc) is 2.91. The van der Waals surface area contributed by atoms with Crippen molar-refractivity contribution >= 4 is 16.4 Å². The molecule has 7 atom stereocenters. The van der Waals surface area contributed by atoms with Crippen LogP contribution in [0.1, 0.15) is 65.2 Å². The van der Waals surface area contributed by atoms with Crippen molar-refractivity contribution in [2.24, 2.45) is 34.5 Å². The number of hydrogen-bond acceptors (Lipinski definition) is 4. The van der Waals surface area contributed by atoms with Gasteiger partial charge in [0.05, 0.1) is 12.0 Å². The van der Waals surface area contributed by atoms with Crippen molar-refractivity contribution in [3.05, 3.63) is 11.6 Å². The summed E-state index contributed by atoms with van der Waals surface area (Å²) in [6.45, 7) is 4.50. The number of fused-ring (bicyclic) bond motifs is 5. The van der Waals surface area contributed by atoms with Crippen LogP contribution in [-0.2, 0) is 19.4 Å². The average molecular weight is 399 g/mol. The van der Waals surface area contributed by atoms with E-state index in [9.17, 15) is 18.3 Å². The maximum atomic E-state index is 11.8. The van der Waals surface area contributed by atoms with Gasteiger partial charge in [-0.3, -0.25) is 9.35 Å². The maximum absolute atomic E-state index is 11.8. The lowest BCUT2D eigenvalue weighted by Crippen LogP contribution is -2.51. The van der Waals surface area contributed by atoms with Gasteiger partial charge in [-0.1, -0.05) is 25.5 Å². The topological polar surface area (TPSA) is 101 Å². The summed E-state index contributed by atoms with van der Waals surface area (Å²) in [5.41, 5.74) is 1.21. The molecule has 0 radical (unpaired) electrons. The van der Waals surface area contributed by atoms with Gasteiger partial charge in [-0.2, -0.15) is 8.42 Å². The zero-order valence-corrected chi connectivity index (χ0v) is 16.9. The molecular weight excluding hydrogens is 368 g/mol. The van der Waals surface area contributed by atoms with E-state index in [1.807, 2.05) is 6.08 Å². The van der Waals surface area contributed by atoms with Crippen LogP contribution in [0, 0.1) is 34.5 Å². The van der Waals surface area contributed by atoms with E-state index in [1.165, 1.54) is 5.57 Å². The second kappa shape index (κ2) is 6.29. The van der Waals surface area contributed by atoms with Gasteiger partial charge in [0.25, 0.3) is 0 Å². The molecule has 0 amide bonds. The lowest BCUT2D eigenvalue weighted by Gasteiger charge is -2.58. The van der Waals surface area contributed by atoms with Gasteiger partial charge in [-0.05, 0) is 80.0 Å². The third kappa shape index (κ3) is 3.06. The van der Waals surface area contributed by atoms with Gasteiger partial charge in [-0.15, -0.1) is 0 Å². The molecule has 0 saturated heterocycles. The molecule has 3 saturated carbocycles. The third-order valence-corrected chi connectivity index (χ3v) is 9.11. The first-order valence-electron chi connectivity index (χ1n) is 10.1. The van der Waals surface area contributed by atoms with Gasteiger partial charge < -0.3 is 5.11 Å². The van der Waals surface area contributed by atoms with Crippen molar-refractivity contribution < 1.29 is 27.1 Å². The summed E-state index contributed by atoms with van der Waals surface area (Å²) in [5.74, 6) is 0.697. The Bertz CT molecular complexity index is 773. The Morgan fingerprint density at radius 3 is 2.52 bits per heavy atom. The SMILES string of the molecule is C[C@]12CC[C@H]3[C@@H](CCC4=C[C@@H](OS(=O)(=O)O)CC[C@@]43C)[C@@H]1CC[C@@H]2C(=O)O. The molecule has 3 fully saturated rings. The smallest absolute Gasteiger partial charge is 0.397 e. The Hall–Kier alpha value is -0.920. The highest BCUT2D eigenvalue weighted by molar-refractivity contribution is 7.80. The molecule has 0 spiro atoms. The summed E-state index contributed by atoms with van der Waals surface area (Å²) in [6, 6.07) is 0. The number of carboxylic acids is 1. The first-order valence-corrected chi connectivity index (χ1v) is 11.5. The molecule has 0 heterocycles. The summed E-state index contributed by atoms with van der Waals surface area (Å²) in [7, 11) is -4.44. The van der Waals surface area contributed by atoms with Crippen LogP contribution in [0.3, 0.4) is 0 Å². The Kier molecular flexibility index (Phi) is 4.52. The first-order chi connectivity index (χ1) is 12.5. The minimum Gasteiger partial charge on any atom is -0.481 e. The van der Waals surface area contributed by atoms with Gasteiger partial charge >= 0.3 is 16.4 Å². The molecule has 0 aromatic rings. The molecule has 0 aromatic carbocycles. The van der Waals surface area contributed by atoms with Crippen molar-refractivity contribution in [1.82, 2.24) is 0 Å². The summed E-state index contributed by atoms with van der Waals surface area (Å²) >= 11 is 0. The van der Waals surface area contributed by atoms with Crippen LogP contribution in [0.15, 0.2) is 11.6 Å². The fraction of sp³-hybridized carbons (Fsp3) is 0.850. The number of rotatable bonds is 3. The van der Waals surface area contributed by atoms with Crippen LogP contribution in [0.25, 0.3) is 0 Å². The number of carbonyl (C=O) groups is 1. The third-order valence-electron chi connectivity index (χ3n) is 8.61. The highest BCUT2D eigenvalue weighted by atomic mass is 32.3. The van der Waals surface area contributed by atoms with Crippen LogP contribution >= 0.6 is 0 Å². The molecule has 0 aromatic heterocycles. The van der Waals surface area contributed by atoms with E-state index in [0.29, 0.717) is 24.2 Å². The molecule has 152 valence electrons. The predicted molar refractivity (Wildman–Crippen MR) is 99.3 cm³/mol. The highest BCUT2D eigenvalue weighted by Crippen LogP contribution is 2.66. The minimum absolute atomic E-state index is 0.0324. The quantitative estimate of drug-likeness (QED) is 0.553. The van der Waals surface area contributed by atoms with E-state index in [2.05, 4.69) is 13.8 Å². The molecule has 7 heteroatoms. The minimum atomic E-state index is -4.44. The largest absolute Gasteiger partial charge is 0.481 e. The standard InChI is InChI=1S/C20H30O6S/c1-19-9-7-13(26-27(23,24)25)11-12(19)3-4-14-15-5-6-17(18(21)22)20(15,2)10-8-16(14)19/h11,13-17H,3-10H2,1-2H3,(H,21,22)(H,23,24,25)/t13-,14-,15-,16-,17+,19-,20-/m0/s1. The number of aliphatic carboxylic acids is 1. The Morgan fingerprint density at radius 2 is 1.85 bits per heavy atom. The van der Waals surface area contributed by atoms with E-state index in [1.54, 1.807) is 0 Å². The summed E-state index contributed by atoms with van der Waals surface area (Å²) in [5, 5.41) is 9.68. The molecule has 4 aliphatic rings. The van der Waals surface area contributed by atoms with Crippen LogP contribution in [0.5, 0.6) is 0 Å². The monoisotopic (exact) mass is 398 g/mol. The fourth-order valence-corrected chi connectivity index (χ4v) is 7.80. The van der Waals surface area contributed by atoms with Crippen molar-refractivity contribution in [1.29, 1.82) is 0 Å². The van der Waals surface area contributed by atoms with Gasteiger partial charge in [0.1, 0.15) is 0 Å². The van der Waals surface area contributed by atoms with Gasteiger partial charge in [0.2, 0.25) is 0 Å². The molecule has 6 nitrogen and oxygen atoms in total. The van der Waals surface area contributed by atoms with Crippen molar-refractivity contribution in [2.45, 2.75) is 71.3 Å². The van der Waals surface area contributed by atoms with Gasteiger partial charge in [-0.25, -0.2) is 4.18 Å². The van der Waals surface area contributed by atoms with Crippen LogP contribution in [-0.4, -0.2) is 30.2 Å². The van der Waals surface area contributed by atoms with E-state index in [0.717, 1.165) is 44.9 Å². The molecule has 27 heavy (non-hydrogen) atoms. The first kappa shape index (κ1) is 19.4. The summed E-state index contributed by atoms with van der Waals surface area (Å²) in [4.78, 5) is 11.8. The van der Waals surface area contributed by atoms with E-state index in [4.69, 9.17) is 8.74 Å². The normalized spacial score (nSPS) is 46.8. The van der Waals surface area contributed by atoms with Crippen molar-refractivity contribution in [2.75, 3.05) is 0 Å². The Labute approximate surface area is 161 Å². The van der Waals surface area contributed by atoms with E-state index in [-0.39, 0.29) is 16.7 Å². The fourth-order valence-electron chi connectivity index (χ4n) is 7.33.